The summed E-state index contributed by atoms with van der Waals surface area (Å²) in [7, 11) is 1.61. The summed E-state index contributed by atoms with van der Waals surface area (Å²) in [5.74, 6) is 0.755. The molecule has 2 amide bonds. The van der Waals surface area contributed by atoms with Crippen molar-refractivity contribution >= 4 is 11.7 Å². The summed E-state index contributed by atoms with van der Waals surface area (Å²) in [4.78, 5) is 11.9. The zero-order chi connectivity index (χ0) is 14.4. The third-order valence-electron chi connectivity index (χ3n) is 3.05. The zero-order valence-electron chi connectivity index (χ0n) is 11.6. The van der Waals surface area contributed by atoms with Crippen LogP contribution < -0.4 is 15.4 Å². The molecule has 0 spiro atoms. The zero-order valence-corrected chi connectivity index (χ0v) is 11.6. The highest BCUT2D eigenvalue weighted by molar-refractivity contribution is 5.90. The maximum atomic E-state index is 11.9. The number of hydrogen-bond acceptors (Lipinski definition) is 2. The van der Waals surface area contributed by atoms with Crippen LogP contribution in [0.3, 0.4) is 0 Å². The van der Waals surface area contributed by atoms with Crippen LogP contribution in [-0.4, -0.2) is 13.1 Å². The van der Waals surface area contributed by atoms with Crippen molar-refractivity contribution in [1.82, 2.24) is 5.32 Å². The topological polar surface area (TPSA) is 50.4 Å². The predicted octanol–water partition coefficient (Wildman–Crippen LogP) is 3.33. The summed E-state index contributed by atoms with van der Waals surface area (Å²) in [5.41, 5.74) is 2.71. The molecule has 0 heterocycles. The Balaban J connectivity index is 1.95. The lowest BCUT2D eigenvalue weighted by Crippen LogP contribution is -2.28. The van der Waals surface area contributed by atoms with E-state index in [9.17, 15) is 4.79 Å². The number of amides is 2. The van der Waals surface area contributed by atoms with Crippen LogP contribution >= 0.6 is 0 Å². The highest BCUT2D eigenvalue weighted by Gasteiger charge is 2.07. The molecule has 0 aliphatic heterocycles. The number of ether oxygens (including phenoxy) is 1. The Morgan fingerprint density at radius 2 is 1.85 bits per heavy atom. The molecule has 2 N–H and O–H groups in total. The fourth-order valence-corrected chi connectivity index (χ4v) is 1.92. The maximum absolute atomic E-state index is 11.9. The van der Waals surface area contributed by atoms with Crippen molar-refractivity contribution in [2.24, 2.45) is 0 Å². The van der Waals surface area contributed by atoms with Gasteiger partial charge in [0, 0.05) is 17.8 Å². The Bertz CT molecular complexity index is 582. The molecule has 0 radical (unpaired) electrons. The van der Waals surface area contributed by atoms with E-state index < -0.39 is 0 Å². The van der Waals surface area contributed by atoms with E-state index in [1.165, 1.54) is 0 Å². The van der Waals surface area contributed by atoms with Crippen LogP contribution in [0.4, 0.5) is 10.5 Å². The minimum absolute atomic E-state index is 0.231. The largest absolute Gasteiger partial charge is 0.496 e. The van der Waals surface area contributed by atoms with Crippen molar-refractivity contribution in [3.63, 3.8) is 0 Å². The van der Waals surface area contributed by atoms with Crippen LogP contribution in [0.25, 0.3) is 0 Å². The standard InChI is InChI=1S/C16H18N2O2/c1-12-14(9-6-10-15(12)20-2)18-16(19)17-11-13-7-4-3-5-8-13/h3-10H,11H2,1-2H3,(H2,17,18,19). The lowest BCUT2D eigenvalue weighted by atomic mass is 10.2. The van der Waals surface area contributed by atoms with E-state index in [1.807, 2.05) is 55.5 Å². The molecule has 0 bridgehead atoms. The first-order chi connectivity index (χ1) is 9.70. The number of rotatable bonds is 4. The molecular weight excluding hydrogens is 252 g/mol. The van der Waals surface area contributed by atoms with Crippen molar-refractivity contribution in [1.29, 1.82) is 0 Å². The normalized spacial score (nSPS) is 9.90. The Labute approximate surface area is 118 Å². The van der Waals surface area contributed by atoms with Crippen LogP contribution in [0.1, 0.15) is 11.1 Å². The average molecular weight is 270 g/mol. The molecule has 2 rings (SSSR count). The summed E-state index contributed by atoms with van der Waals surface area (Å²) in [6.45, 7) is 2.40. The fraction of sp³-hybridized carbons (Fsp3) is 0.188. The summed E-state index contributed by atoms with van der Waals surface area (Å²) in [5, 5.41) is 5.65. The van der Waals surface area contributed by atoms with Gasteiger partial charge in [0.2, 0.25) is 0 Å². The van der Waals surface area contributed by atoms with Crippen LogP contribution in [-0.2, 0) is 6.54 Å². The summed E-state index contributed by atoms with van der Waals surface area (Å²) >= 11 is 0. The van der Waals surface area contributed by atoms with E-state index in [4.69, 9.17) is 4.74 Å². The maximum Gasteiger partial charge on any atom is 0.319 e. The summed E-state index contributed by atoms with van der Waals surface area (Å²) in [6.07, 6.45) is 0. The number of hydrogen-bond donors (Lipinski definition) is 2. The molecule has 0 saturated heterocycles. The number of urea groups is 1. The number of nitrogens with one attached hydrogen (secondary N) is 2. The highest BCUT2D eigenvalue weighted by Crippen LogP contribution is 2.24. The molecule has 104 valence electrons. The lowest BCUT2D eigenvalue weighted by Gasteiger charge is -2.12. The second-order valence-corrected chi connectivity index (χ2v) is 4.43. The molecule has 2 aromatic rings. The quantitative estimate of drug-likeness (QED) is 0.895. The van der Waals surface area contributed by atoms with Gasteiger partial charge in [-0.3, -0.25) is 0 Å². The molecule has 4 nitrogen and oxygen atoms in total. The van der Waals surface area contributed by atoms with Crippen molar-refractivity contribution in [3.8, 4) is 5.75 Å². The molecule has 0 fully saturated rings. The van der Waals surface area contributed by atoms with Gasteiger partial charge in [0.1, 0.15) is 5.75 Å². The van der Waals surface area contributed by atoms with E-state index in [2.05, 4.69) is 10.6 Å². The van der Waals surface area contributed by atoms with Crippen molar-refractivity contribution in [3.05, 3.63) is 59.7 Å². The van der Waals surface area contributed by atoms with Gasteiger partial charge in [-0.25, -0.2) is 4.79 Å². The molecular formula is C16H18N2O2. The second-order valence-electron chi connectivity index (χ2n) is 4.43. The van der Waals surface area contributed by atoms with Gasteiger partial charge in [0.05, 0.1) is 7.11 Å². The SMILES string of the molecule is COc1cccc(NC(=O)NCc2ccccc2)c1C. The molecule has 0 saturated carbocycles. The molecule has 20 heavy (non-hydrogen) atoms. The van der Waals surface area contributed by atoms with Gasteiger partial charge >= 0.3 is 6.03 Å². The van der Waals surface area contributed by atoms with E-state index in [1.54, 1.807) is 7.11 Å². The number of benzene rings is 2. The van der Waals surface area contributed by atoms with E-state index in [-0.39, 0.29) is 6.03 Å². The van der Waals surface area contributed by atoms with E-state index >= 15 is 0 Å². The fourth-order valence-electron chi connectivity index (χ4n) is 1.92. The molecule has 0 atom stereocenters. The first-order valence-electron chi connectivity index (χ1n) is 6.43. The molecule has 0 aliphatic rings. The van der Waals surface area contributed by atoms with Crippen molar-refractivity contribution in [2.45, 2.75) is 13.5 Å². The number of anilines is 1. The van der Waals surface area contributed by atoms with Crippen molar-refractivity contribution < 1.29 is 9.53 Å². The average Bonchev–Trinajstić information content (AvgIpc) is 2.48. The van der Waals surface area contributed by atoms with Crippen LogP contribution in [0.15, 0.2) is 48.5 Å². The minimum atomic E-state index is -0.231. The van der Waals surface area contributed by atoms with Gasteiger partial charge < -0.3 is 15.4 Å². The number of carbonyl (C=O) groups excluding carboxylic acids is 1. The Hall–Kier alpha value is -2.49. The molecule has 0 unspecified atom stereocenters. The summed E-state index contributed by atoms with van der Waals surface area (Å²) < 4.78 is 5.22. The number of methoxy groups -OCH3 is 1. The van der Waals surface area contributed by atoms with E-state index in [0.29, 0.717) is 6.54 Å². The highest BCUT2D eigenvalue weighted by atomic mass is 16.5. The van der Waals surface area contributed by atoms with Gasteiger partial charge in [-0.1, -0.05) is 36.4 Å². The Kier molecular flexibility index (Phi) is 4.60. The summed E-state index contributed by atoms with van der Waals surface area (Å²) in [6, 6.07) is 15.1. The van der Waals surface area contributed by atoms with Gasteiger partial charge in [-0.2, -0.15) is 0 Å². The molecule has 0 aromatic heterocycles. The third-order valence-corrected chi connectivity index (χ3v) is 3.05. The number of carbonyl (C=O) groups is 1. The van der Waals surface area contributed by atoms with Gasteiger partial charge in [-0.05, 0) is 24.6 Å². The molecule has 4 heteroatoms. The van der Waals surface area contributed by atoms with E-state index in [0.717, 1.165) is 22.6 Å². The predicted molar refractivity (Wildman–Crippen MR) is 80.0 cm³/mol. The first kappa shape index (κ1) is 13.9. The van der Waals surface area contributed by atoms with Crippen LogP contribution in [0.2, 0.25) is 0 Å². The smallest absolute Gasteiger partial charge is 0.319 e. The Morgan fingerprint density at radius 3 is 2.55 bits per heavy atom. The van der Waals surface area contributed by atoms with Gasteiger partial charge in [0.25, 0.3) is 0 Å². The van der Waals surface area contributed by atoms with Crippen LogP contribution in [0.5, 0.6) is 5.75 Å². The first-order valence-corrected chi connectivity index (χ1v) is 6.43. The monoisotopic (exact) mass is 270 g/mol. The van der Waals surface area contributed by atoms with Gasteiger partial charge in [0.15, 0.2) is 0 Å². The van der Waals surface area contributed by atoms with Crippen LogP contribution in [0, 0.1) is 6.92 Å². The molecule has 2 aromatic carbocycles. The second kappa shape index (κ2) is 6.61. The van der Waals surface area contributed by atoms with Crippen molar-refractivity contribution in [2.75, 3.05) is 12.4 Å². The minimum Gasteiger partial charge on any atom is -0.496 e. The van der Waals surface area contributed by atoms with Gasteiger partial charge in [-0.15, -0.1) is 0 Å². The third kappa shape index (κ3) is 3.51. The Morgan fingerprint density at radius 1 is 1.10 bits per heavy atom. The molecule has 0 aliphatic carbocycles. The lowest BCUT2D eigenvalue weighted by molar-refractivity contribution is 0.251.